The molecule has 1 aromatic rings. The molecule has 0 radical (unpaired) electrons. The molecule has 0 amide bonds. The molecule has 1 aliphatic heterocycles. The van der Waals surface area contributed by atoms with Gasteiger partial charge in [0.25, 0.3) is 0 Å². The van der Waals surface area contributed by atoms with Crippen LogP contribution in [0.2, 0.25) is 0 Å². The van der Waals surface area contributed by atoms with E-state index in [1.165, 1.54) is 0 Å². The molecule has 0 aromatic heterocycles. The second-order valence-corrected chi connectivity index (χ2v) is 7.42. The maximum absolute atomic E-state index is 13.2. The molecule has 1 N–H and O–H groups in total. The molecule has 0 saturated carbocycles. The third kappa shape index (κ3) is 3.15. The summed E-state index contributed by atoms with van der Waals surface area (Å²) in [5, 5.41) is 2.83. The molecular weight excluding hydrogens is 273 g/mol. The number of benzene rings is 1. The summed E-state index contributed by atoms with van der Waals surface area (Å²) in [4.78, 5) is 0. The molecule has 0 spiro atoms. The van der Waals surface area contributed by atoms with E-state index in [4.69, 9.17) is 9.05 Å². The zero-order chi connectivity index (χ0) is 14.5. The molecule has 1 saturated heterocycles. The van der Waals surface area contributed by atoms with Crippen molar-refractivity contribution in [3.05, 3.63) is 35.9 Å². The minimum atomic E-state index is -3.17. The highest BCUT2D eigenvalue weighted by Gasteiger charge is 2.52. The Morgan fingerprint density at radius 1 is 1.20 bits per heavy atom. The Kier molecular flexibility index (Phi) is 5.39. The van der Waals surface area contributed by atoms with Crippen molar-refractivity contribution >= 4 is 7.60 Å². The molecule has 2 rings (SSSR count). The first kappa shape index (κ1) is 15.7. The van der Waals surface area contributed by atoms with Crippen molar-refractivity contribution in [3.63, 3.8) is 0 Å². The van der Waals surface area contributed by atoms with E-state index < -0.39 is 12.9 Å². The molecule has 1 unspecified atom stereocenters. The van der Waals surface area contributed by atoms with Crippen LogP contribution in [0.5, 0.6) is 0 Å². The summed E-state index contributed by atoms with van der Waals surface area (Å²) in [6.07, 6.45) is 2.49. The molecule has 4 nitrogen and oxygen atoms in total. The van der Waals surface area contributed by atoms with Crippen molar-refractivity contribution in [1.29, 1.82) is 0 Å². The van der Waals surface area contributed by atoms with Crippen LogP contribution < -0.4 is 5.32 Å². The maximum Gasteiger partial charge on any atom is 0.350 e. The van der Waals surface area contributed by atoms with Crippen molar-refractivity contribution in [2.24, 2.45) is 0 Å². The van der Waals surface area contributed by atoms with Gasteiger partial charge in [-0.3, -0.25) is 4.57 Å². The first-order valence-electron chi connectivity index (χ1n) is 7.34. The van der Waals surface area contributed by atoms with Gasteiger partial charge >= 0.3 is 7.60 Å². The first-order chi connectivity index (χ1) is 9.66. The Labute approximate surface area is 121 Å². The van der Waals surface area contributed by atoms with Crippen molar-refractivity contribution in [3.8, 4) is 0 Å². The minimum Gasteiger partial charge on any atom is -0.308 e. The van der Waals surface area contributed by atoms with Crippen molar-refractivity contribution in [1.82, 2.24) is 5.32 Å². The van der Waals surface area contributed by atoms with E-state index in [1.807, 2.05) is 32.0 Å². The van der Waals surface area contributed by atoms with Gasteiger partial charge in [-0.05, 0) is 38.8 Å². The summed E-state index contributed by atoms with van der Waals surface area (Å²) < 4.78 is 24.4. The standard InChI is InChI=1S/C15H24NO3P/c1-3-18-20(17,19-4-2)15(11-8-12-16-15)13-14-9-6-5-7-10-14/h5-7,9-10,16H,3-4,8,11-13H2,1-2H3. The van der Waals surface area contributed by atoms with Crippen LogP contribution in [-0.4, -0.2) is 25.0 Å². The Morgan fingerprint density at radius 3 is 2.35 bits per heavy atom. The topological polar surface area (TPSA) is 47.6 Å². The van der Waals surface area contributed by atoms with E-state index in [2.05, 4.69) is 17.4 Å². The Balaban J connectivity index is 2.30. The van der Waals surface area contributed by atoms with Crippen LogP contribution in [0.1, 0.15) is 32.3 Å². The zero-order valence-electron chi connectivity index (χ0n) is 12.3. The summed E-state index contributed by atoms with van der Waals surface area (Å²) in [5.41, 5.74) is 1.15. The van der Waals surface area contributed by atoms with Gasteiger partial charge in [-0.2, -0.15) is 0 Å². The number of rotatable bonds is 7. The summed E-state index contributed by atoms with van der Waals surface area (Å²) >= 11 is 0. The molecule has 5 heteroatoms. The molecule has 0 aliphatic carbocycles. The van der Waals surface area contributed by atoms with Crippen LogP contribution in [0.15, 0.2) is 30.3 Å². The highest BCUT2D eigenvalue weighted by Crippen LogP contribution is 2.62. The maximum atomic E-state index is 13.2. The van der Waals surface area contributed by atoms with E-state index in [9.17, 15) is 4.57 Å². The first-order valence-corrected chi connectivity index (χ1v) is 8.88. The molecule has 0 bridgehead atoms. The van der Waals surface area contributed by atoms with E-state index in [1.54, 1.807) is 0 Å². The van der Waals surface area contributed by atoms with Gasteiger partial charge in [-0.25, -0.2) is 0 Å². The Hall–Kier alpha value is -0.670. The van der Waals surface area contributed by atoms with Gasteiger partial charge in [0.15, 0.2) is 0 Å². The second kappa shape index (κ2) is 6.86. The van der Waals surface area contributed by atoms with Crippen molar-refractivity contribution in [2.45, 2.75) is 38.4 Å². The fourth-order valence-electron chi connectivity index (χ4n) is 2.83. The molecule has 1 heterocycles. The van der Waals surface area contributed by atoms with E-state index in [0.717, 1.165) is 24.9 Å². The number of hydrogen-bond donors (Lipinski definition) is 1. The largest absolute Gasteiger partial charge is 0.350 e. The fraction of sp³-hybridized carbons (Fsp3) is 0.600. The van der Waals surface area contributed by atoms with Crippen molar-refractivity contribution < 1.29 is 13.6 Å². The van der Waals surface area contributed by atoms with Crippen LogP contribution >= 0.6 is 7.60 Å². The van der Waals surface area contributed by atoms with Crippen LogP contribution in [0, 0.1) is 0 Å². The monoisotopic (exact) mass is 297 g/mol. The quantitative estimate of drug-likeness (QED) is 0.782. The number of hydrogen-bond acceptors (Lipinski definition) is 4. The third-order valence-corrected chi connectivity index (χ3v) is 6.47. The zero-order valence-corrected chi connectivity index (χ0v) is 13.2. The third-order valence-electron chi connectivity index (χ3n) is 3.68. The van der Waals surface area contributed by atoms with Gasteiger partial charge in [-0.1, -0.05) is 30.3 Å². The summed E-state index contributed by atoms with van der Waals surface area (Å²) in [5.74, 6) is 0. The van der Waals surface area contributed by atoms with Crippen molar-refractivity contribution in [2.75, 3.05) is 19.8 Å². The summed E-state index contributed by atoms with van der Waals surface area (Å²) in [6, 6.07) is 10.1. The van der Waals surface area contributed by atoms with E-state index in [-0.39, 0.29) is 0 Å². The predicted octanol–water partition coefficient (Wildman–Crippen LogP) is 3.57. The lowest BCUT2D eigenvalue weighted by Crippen LogP contribution is -2.43. The SMILES string of the molecule is CCOP(=O)(OCC)C1(Cc2ccccc2)CCCN1. The number of nitrogens with one attached hydrogen (secondary N) is 1. The Morgan fingerprint density at radius 2 is 1.85 bits per heavy atom. The van der Waals surface area contributed by atoms with Gasteiger partial charge in [0.05, 0.1) is 13.2 Å². The molecule has 1 atom stereocenters. The minimum absolute atomic E-state index is 0.398. The lowest BCUT2D eigenvalue weighted by Gasteiger charge is -2.36. The normalized spacial score (nSPS) is 23.1. The van der Waals surface area contributed by atoms with E-state index in [0.29, 0.717) is 19.6 Å². The highest BCUT2D eigenvalue weighted by molar-refractivity contribution is 7.55. The average Bonchev–Trinajstić information content (AvgIpc) is 2.91. The van der Waals surface area contributed by atoms with Crippen LogP contribution in [-0.2, 0) is 20.0 Å². The van der Waals surface area contributed by atoms with Gasteiger partial charge in [0.1, 0.15) is 5.28 Å². The lowest BCUT2D eigenvalue weighted by molar-refractivity contribution is 0.189. The molecular formula is C15H24NO3P. The molecule has 112 valence electrons. The lowest BCUT2D eigenvalue weighted by atomic mass is 10.0. The second-order valence-electron chi connectivity index (χ2n) is 5.06. The van der Waals surface area contributed by atoms with Gasteiger partial charge < -0.3 is 14.4 Å². The van der Waals surface area contributed by atoms with Gasteiger partial charge in [-0.15, -0.1) is 0 Å². The van der Waals surface area contributed by atoms with E-state index >= 15 is 0 Å². The van der Waals surface area contributed by atoms with Crippen LogP contribution in [0.4, 0.5) is 0 Å². The molecule has 1 aliphatic rings. The summed E-state index contributed by atoms with van der Waals surface area (Å²) in [7, 11) is -3.17. The van der Waals surface area contributed by atoms with Crippen LogP contribution in [0.25, 0.3) is 0 Å². The Bertz CT molecular complexity index is 447. The molecule has 1 fully saturated rings. The predicted molar refractivity (Wildman–Crippen MR) is 81.0 cm³/mol. The van der Waals surface area contributed by atoms with Gasteiger partial charge in [0.2, 0.25) is 0 Å². The smallest absolute Gasteiger partial charge is 0.308 e. The van der Waals surface area contributed by atoms with Crippen LogP contribution in [0.3, 0.4) is 0 Å². The molecule has 1 aromatic carbocycles. The highest BCUT2D eigenvalue weighted by atomic mass is 31.2. The summed E-state index contributed by atoms with van der Waals surface area (Å²) in [6.45, 7) is 5.37. The average molecular weight is 297 g/mol. The van der Waals surface area contributed by atoms with Gasteiger partial charge in [0, 0.05) is 6.42 Å². The molecule has 20 heavy (non-hydrogen) atoms. The fourth-order valence-corrected chi connectivity index (χ4v) is 5.19.